The molecule has 0 saturated heterocycles. The second-order valence-corrected chi connectivity index (χ2v) is 12.6. The minimum atomic E-state index is -0.525. The summed E-state index contributed by atoms with van der Waals surface area (Å²) in [7, 11) is -0.525. The van der Waals surface area contributed by atoms with E-state index in [2.05, 4.69) is 53.7 Å². The van der Waals surface area contributed by atoms with Crippen LogP contribution < -0.4 is 0 Å². The summed E-state index contributed by atoms with van der Waals surface area (Å²) in [6.07, 6.45) is 0. The van der Waals surface area contributed by atoms with Gasteiger partial charge in [0, 0.05) is 0 Å². The van der Waals surface area contributed by atoms with Crippen LogP contribution in [0.5, 0.6) is 0 Å². The van der Waals surface area contributed by atoms with Crippen molar-refractivity contribution >= 4 is 7.92 Å². The molecule has 3 aromatic carbocycles. The molecule has 0 saturated carbocycles. The molecule has 1 atom stereocenters. The Hall–Kier alpha value is -1.07. The van der Waals surface area contributed by atoms with E-state index in [0.717, 1.165) is 5.56 Å². The van der Waals surface area contributed by atoms with Crippen LogP contribution >= 0.6 is 7.92 Å². The number of hydrogen-bond donors (Lipinski definition) is 1. The molecule has 0 aromatic heterocycles. The van der Waals surface area contributed by atoms with Crippen LogP contribution in [0, 0.1) is 19.6 Å². The van der Waals surface area contributed by atoms with Gasteiger partial charge in [-0.15, -0.1) is 0 Å². The molecule has 1 radical (unpaired) electrons. The third-order valence-electron chi connectivity index (χ3n) is 4.00. The summed E-state index contributed by atoms with van der Waals surface area (Å²) in [5, 5.41) is 11.0. The van der Waals surface area contributed by atoms with Gasteiger partial charge in [0.25, 0.3) is 0 Å². The zero-order valence-corrected chi connectivity index (χ0v) is 23.5. The van der Waals surface area contributed by atoms with Crippen LogP contribution in [0.3, 0.4) is 0 Å². The van der Waals surface area contributed by atoms with Gasteiger partial charge in [-0.05, 0) is 15.9 Å². The monoisotopic (exact) mass is 511 g/mol. The first-order valence-electron chi connectivity index (χ1n) is 9.98. The Morgan fingerprint density at radius 3 is 1.19 bits per heavy atom. The van der Waals surface area contributed by atoms with E-state index in [1.54, 1.807) is 0 Å². The van der Waals surface area contributed by atoms with Gasteiger partial charge in [-0.25, -0.2) is 0 Å². The van der Waals surface area contributed by atoms with Crippen LogP contribution in [-0.2, 0) is 26.2 Å². The van der Waals surface area contributed by atoms with Crippen molar-refractivity contribution < 1.29 is 31.3 Å². The average molecular weight is 513 g/mol. The number of aliphatic hydroxyl groups excluding tert-OH is 1. The molecular formula is C28H38OPZr. The Morgan fingerprint density at radius 1 is 0.645 bits per heavy atom. The van der Waals surface area contributed by atoms with Crippen LogP contribution in [-0.4, -0.2) is 15.4 Å². The molecule has 0 aliphatic rings. The molecule has 1 N–H and O–H groups in total. The number of aliphatic hydroxyl groups is 1. The van der Waals surface area contributed by atoms with Gasteiger partial charge in [-0.1, -0.05) is 79.8 Å². The predicted molar refractivity (Wildman–Crippen MR) is 135 cm³/mol. The Balaban J connectivity index is 0. The molecule has 3 rings (SSSR count). The first-order chi connectivity index (χ1) is 13.6. The van der Waals surface area contributed by atoms with Crippen LogP contribution in [0.1, 0.15) is 53.0 Å². The summed E-state index contributed by atoms with van der Waals surface area (Å²) >= 11 is 0. The van der Waals surface area contributed by atoms with Crippen molar-refractivity contribution in [3.63, 3.8) is 0 Å². The molecule has 1 unspecified atom stereocenters. The fourth-order valence-corrected chi connectivity index (χ4v) is 7.15. The van der Waals surface area contributed by atoms with Gasteiger partial charge in [0.2, 0.25) is 0 Å². The maximum absolute atomic E-state index is 10.7. The number of benzene rings is 3. The normalized spacial score (nSPS) is 11.4. The Kier molecular flexibility index (Phi) is 17.1. The van der Waals surface area contributed by atoms with Crippen molar-refractivity contribution in [2.75, 3.05) is 0 Å². The topological polar surface area (TPSA) is 20.2 Å². The summed E-state index contributed by atoms with van der Waals surface area (Å²) in [4.78, 5) is 0. The van der Waals surface area contributed by atoms with Crippen molar-refractivity contribution in [3.05, 3.63) is 116 Å². The van der Waals surface area contributed by atoms with Gasteiger partial charge in [0.05, 0.1) is 5.85 Å². The molecule has 3 heteroatoms. The Morgan fingerprint density at radius 2 is 0.968 bits per heavy atom. The minimum absolute atomic E-state index is 0. The van der Waals surface area contributed by atoms with Crippen molar-refractivity contribution in [2.24, 2.45) is 0 Å². The fraction of sp³-hybridized carbons (Fsp3) is 0.321. The van der Waals surface area contributed by atoms with Gasteiger partial charge < -0.3 is 12.5 Å². The first kappa shape index (κ1) is 32.1. The quantitative estimate of drug-likeness (QED) is 0.271. The van der Waals surface area contributed by atoms with E-state index in [4.69, 9.17) is 0 Å². The van der Waals surface area contributed by atoms with E-state index in [-0.39, 0.29) is 49.8 Å². The summed E-state index contributed by atoms with van der Waals surface area (Å²) < 4.78 is 0. The van der Waals surface area contributed by atoms with Crippen molar-refractivity contribution in [1.82, 2.24) is 0 Å². The van der Waals surface area contributed by atoms with Gasteiger partial charge in [0.1, 0.15) is 0 Å². The summed E-state index contributed by atoms with van der Waals surface area (Å²) in [6, 6.07) is 35.0. The van der Waals surface area contributed by atoms with E-state index < -0.39 is 7.92 Å². The molecule has 0 heterocycles. The Labute approximate surface area is 212 Å². The van der Waals surface area contributed by atoms with Crippen molar-refractivity contribution in [1.29, 1.82) is 0 Å². The predicted octanol–water partition coefficient (Wildman–Crippen LogP) is 8.18. The molecule has 0 aliphatic heterocycles. The standard InChI is InChI=1S/C15H25OP.2C6H5.CH3.Zr/c1-14(2,3)17(15(4,5)6)13(16)12-10-8-7-9-11-12;2*1-2-4-6-5-3-1;;/h7-11,13,16H,1-6H3;2*1-5H;1H3;/q;3*-1;+3. The number of hydrogen-bond acceptors (Lipinski definition) is 1. The molecule has 3 aromatic rings. The largest absolute Gasteiger partial charge is 3.00 e. The van der Waals surface area contributed by atoms with Gasteiger partial charge in [0.15, 0.2) is 0 Å². The Bertz CT molecular complexity index is 651. The van der Waals surface area contributed by atoms with Crippen molar-refractivity contribution in [2.45, 2.75) is 57.7 Å². The molecular weight excluding hydrogens is 475 g/mol. The number of rotatable bonds is 2. The molecule has 0 fully saturated rings. The van der Waals surface area contributed by atoms with Gasteiger partial charge in [-0.2, -0.15) is 72.8 Å². The zero-order valence-electron chi connectivity index (χ0n) is 20.1. The fourth-order valence-electron chi connectivity index (χ4n) is 3.20. The smallest absolute Gasteiger partial charge is 0.384 e. The van der Waals surface area contributed by atoms with Crippen LogP contribution in [0.15, 0.2) is 91.0 Å². The molecule has 0 aliphatic carbocycles. The molecule has 0 spiro atoms. The second kappa shape index (κ2) is 16.6. The van der Waals surface area contributed by atoms with E-state index in [0.29, 0.717) is 0 Å². The van der Waals surface area contributed by atoms with Gasteiger partial charge in [-0.3, -0.25) is 0 Å². The van der Waals surface area contributed by atoms with E-state index in [9.17, 15) is 5.11 Å². The van der Waals surface area contributed by atoms with E-state index in [1.165, 1.54) is 0 Å². The molecule has 31 heavy (non-hydrogen) atoms. The third kappa shape index (κ3) is 13.8. The second-order valence-electron chi connectivity index (χ2n) is 8.65. The first-order valence-corrected chi connectivity index (χ1v) is 11.4. The minimum Gasteiger partial charge on any atom is -0.384 e. The SMILES string of the molecule is CC(C)(C)P(C(O)c1ccccc1)C(C)(C)C.[CH3-].[Zr+3].[c-]1ccccc1.[c-]1ccccc1. The summed E-state index contributed by atoms with van der Waals surface area (Å²) in [5.74, 6) is -0.341. The molecule has 0 amide bonds. The molecule has 0 bridgehead atoms. The zero-order chi connectivity index (χ0) is 21.8. The van der Waals surface area contributed by atoms with E-state index >= 15 is 0 Å². The maximum Gasteiger partial charge on any atom is 3.00 e. The van der Waals surface area contributed by atoms with Crippen LogP contribution in [0.4, 0.5) is 0 Å². The summed E-state index contributed by atoms with van der Waals surface area (Å²) in [5.41, 5.74) is 1.04. The van der Waals surface area contributed by atoms with E-state index in [1.807, 2.05) is 91.0 Å². The maximum atomic E-state index is 10.7. The van der Waals surface area contributed by atoms with Crippen molar-refractivity contribution in [3.8, 4) is 0 Å². The van der Waals surface area contributed by atoms with Crippen LogP contribution in [0.25, 0.3) is 0 Å². The van der Waals surface area contributed by atoms with Crippen LogP contribution in [0.2, 0.25) is 0 Å². The molecule has 165 valence electrons. The summed E-state index contributed by atoms with van der Waals surface area (Å²) in [6.45, 7) is 13.4. The third-order valence-corrected chi connectivity index (χ3v) is 7.68. The van der Waals surface area contributed by atoms with Gasteiger partial charge >= 0.3 is 26.2 Å². The average Bonchev–Trinajstić information content (AvgIpc) is 2.70. The molecule has 1 nitrogen and oxygen atoms in total.